The van der Waals surface area contributed by atoms with E-state index in [9.17, 15) is 19.8 Å². The largest absolute Gasteiger partial charge is 0.507 e. The van der Waals surface area contributed by atoms with Crippen LogP contribution in [0.25, 0.3) is 5.76 Å². The number of hydrogen-bond donors (Lipinski definition) is 2. The van der Waals surface area contributed by atoms with E-state index in [0.717, 1.165) is 36.8 Å². The highest BCUT2D eigenvalue weighted by atomic mass is 16.5. The Labute approximate surface area is 200 Å². The number of benzene rings is 2. The van der Waals surface area contributed by atoms with Crippen molar-refractivity contribution in [3.8, 4) is 11.5 Å². The molecule has 1 heterocycles. The second-order valence-corrected chi connectivity index (χ2v) is 10.4. The molecule has 2 aromatic rings. The number of phenols is 1. The average molecular weight is 464 g/mol. The number of phenolic OH excluding ortho intramolecular Hbond substituents is 1. The number of Topliss-reactive ketones (excluding diaryl/α,β-unsaturated/α-hetero) is 1. The molecule has 1 aliphatic carbocycles. The minimum absolute atomic E-state index is 0.0654. The molecule has 6 heteroatoms. The molecule has 1 aliphatic heterocycles. The maximum Gasteiger partial charge on any atom is 0.295 e. The summed E-state index contributed by atoms with van der Waals surface area (Å²) in [6.07, 6.45) is 3.59. The molecular formula is C28H33NO5. The van der Waals surface area contributed by atoms with E-state index < -0.39 is 17.7 Å². The molecule has 0 spiro atoms. The third kappa shape index (κ3) is 4.06. The van der Waals surface area contributed by atoms with Crippen LogP contribution in [0.1, 0.15) is 74.8 Å². The molecule has 2 aromatic carbocycles. The number of aliphatic hydroxyl groups is 1. The number of aryl methyl sites for hydroxylation is 1. The normalized spacial score (nSPS) is 20.9. The second-order valence-electron chi connectivity index (χ2n) is 10.4. The topological polar surface area (TPSA) is 87.1 Å². The number of carbonyl (C=O) groups excluding carboxylic acids is 2. The van der Waals surface area contributed by atoms with Crippen LogP contribution in [0.3, 0.4) is 0 Å². The summed E-state index contributed by atoms with van der Waals surface area (Å²) < 4.78 is 5.18. The van der Waals surface area contributed by atoms with Gasteiger partial charge in [-0.1, -0.05) is 51.8 Å². The van der Waals surface area contributed by atoms with Crippen LogP contribution in [0.2, 0.25) is 0 Å². The van der Waals surface area contributed by atoms with E-state index in [-0.39, 0.29) is 28.5 Å². The zero-order valence-electron chi connectivity index (χ0n) is 20.5. The average Bonchev–Trinajstić information content (AvgIpc) is 3.39. The Kier molecular flexibility index (Phi) is 6.19. The zero-order chi connectivity index (χ0) is 24.8. The first-order valence-electron chi connectivity index (χ1n) is 11.8. The summed E-state index contributed by atoms with van der Waals surface area (Å²) in [4.78, 5) is 28.3. The summed E-state index contributed by atoms with van der Waals surface area (Å²) in [5.74, 6) is -1.25. The smallest absolute Gasteiger partial charge is 0.295 e. The Morgan fingerprint density at radius 3 is 2.32 bits per heavy atom. The van der Waals surface area contributed by atoms with Crippen molar-refractivity contribution in [1.29, 1.82) is 0 Å². The van der Waals surface area contributed by atoms with Crippen molar-refractivity contribution in [2.45, 2.75) is 70.9 Å². The first-order chi connectivity index (χ1) is 16.0. The summed E-state index contributed by atoms with van der Waals surface area (Å²) >= 11 is 0. The Bertz CT molecular complexity index is 1170. The summed E-state index contributed by atoms with van der Waals surface area (Å²) in [5, 5.41) is 22.0. The fourth-order valence-corrected chi connectivity index (χ4v) is 5.10. The van der Waals surface area contributed by atoms with Gasteiger partial charge in [-0.25, -0.2) is 0 Å². The summed E-state index contributed by atoms with van der Waals surface area (Å²) in [6, 6.07) is 9.85. The van der Waals surface area contributed by atoms with Gasteiger partial charge in [0.05, 0.1) is 18.7 Å². The maximum absolute atomic E-state index is 13.4. The predicted molar refractivity (Wildman–Crippen MR) is 131 cm³/mol. The van der Waals surface area contributed by atoms with Crippen LogP contribution < -0.4 is 4.74 Å². The van der Waals surface area contributed by atoms with Crippen molar-refractivity contribution in [2.24, 2.45) is 0 Å². The number of nitrogens with zero attached hydrogens (tertiary/aromatic N) is 1. The number of aliphatic hydroxyl groups excluding tert-OH is 1. The molecule has 1 unspecified atom stereocenters. The van der Waals surface area contributed by atoms with Gasteiger partial charge in [0.1, 0.15) is 5.76 Å². The highest BCUT2D eigenvalue weighted by Gasteiger charge is 2.49. The lowest BCUT2D eigenvalue weighted by Crippen LogP contribution is -2.37. The summed E-state index contributed by atoms with van der Waals surface area (Å²) in [7, 11) is 1.46. The molecule has 4 rings (SSSR count). The molecule has 1 saturated heterocycles. The number of ether oxygens (including phenoxy) is 1. The quantitative estimate of drug-likeness (QED) is 0.362. The molecule has 0 aromatic heterocycles. The van der Waals surface area contributed by atoms with Crippen molar-refractivity contribution in [3.05, 3.63) is 64.2 Å². The van der Waals surface area contributed by atoms with Gasteiger partial charge in [0.25, 0.3) is 11.7 Å². The zero-order valence-corrected chi connectivity index (χ0v) is 20.5. The maximum atomic E-state index is 13.4. The minimum Gasteiger partial charge on any atom is -0.507 e. The van der Waals surface area contributed by atoms with Crippen molar-refractivity contribution in [1.82, 2.24) is 4.90 Å². The van der Waals surface area contributed by atoms with Crippen molar-refractivity contribution >= 4 is 17.4 Å². The first kappa shape index (κ1) is 23.9. The number of rotatable bonds is 4. The number of hydrogen-bond acceptors (Lipinski definition) is 5. The van der Waals surface area contributed by atoms with Crippen LogP contribution in [0, 0.1) is 6.92 Å². The first-order valence-corrected chi connectivity index (χ1v) is 11.8. The van der Waals surface area contributed by atoms with E-state index in [1.54, 1.807) is 17.0 Å². The standard InChI is InChI=1S/C28H33NO5/c1-16-10-12-18(28(2,3)4)15-20(16)25(31)23-24(17-11-13-22(34-5)21(30)14-17)29(27(33)26(23)32)19-8-6-7-9-19/h10-15,19,24,30-31H,6-9H2,1-5H3/b25-23+. The Morgan fingerprint density at radius 1 is 1.06 bits per heavy atom. The fraction of sp³-hybridized carbons (Fsp3) is 0.429. The Hall–Kier alpha value is -3.28. The molecule has 0 bridgehead atoms. The molecular weight excluding hydrogens is 430 g/mol. The van der Waals surface area contributed by atoms with E-state index in [1.807, 2.05) is 25.1 Å². The highest BCUT2D eigenvalue weighted by molar-refractivity contribution is 6.46. The van der Waals surface area contributed by atoms with Gasteiger partial charge in [0, 0.05) is 11.6 Å². The van der Waals surface area contributed by atoms with Crippen LogP contribution >= 0.6 is 0 Å². The van der Waals surface area contributed by atoms with Gasteiger partial charge < -0.3 is 19.8 Å². The molecule has 0 radical (unpaired) electrons. The van der Waals surface area contributed by atoms with E-state index in [1.165, 1.54) is 13.2 Å². The predicted octanol–water partition coefficient (Wildman–Crippen LogP) is 5.37. The molecule has 6 nitrogen and oxygen atoms in total. The molecule has 180 valence electrons. The van der Waals surface area contributed by atoms with E-state index in [0.29, 0.717) is 16.9 Å². The highest BCUT2D eigenvalue weighted by Crippen LogP contribution is 2.45. The van der Waals surface area contributed by atoms with Crippen molar-refractivity contribution in [2.75, 3.05) is 7.11 Å². The number of aromatic hydroxyl groups is 1. The SMILES string of the molecule is COc1ccc(C2/C(=C(\O)c3cc(C(C)(C)C)ccc3C)C(=O)C(=O)N2C2CCCC2)cc1O. The van der Waals surface area contributed by atoms with Crippen LogP contribution in [0.4, 0.5) is 0 Å². The second kappa shape index (κ2) is 8.82. The fourth-order valence-electron chi connectivity index (χ4n) is 5.10. The molecule has 1 amide bonds. The lowest BCUT2D eigenvalue weighted by Gasteiger charge is -2.31. The summed E-state index contributed by atoms with van der Waals surface area (Å²) in [6.45, 7) is 8.13. The number of amides is 1. The Morgan fingerprint density at radius 2 is 1.74 bits per heavy atom. The summed E-state index contributed by atoms with van der Waals surface area (Å²) in [5.41, 5.74) is 2.85. The monoisotopic (exact) mass is 463 g/mol. The van der Waals surface area contributed by atoms with Gasteiger partial charge in [-0.2, -0.15) is 0 Å². The van der Waals surface area contributed by atoms with Gasteiger partial charge >= 0.3 is 0 Å². The van der Waals surface area contributed by atoms with Crippen LogP contribution in [-0.2, 0) is 15.0 Å². The molecule has 2 fully saturated rings. The number of ketones is 1. The van der Waals surface area contributed by atoms with Gasteiger partial charge in [-0.15, -0.1) is 0 Å². The third-order valence-electron chi connectivity index (χ3n) is 7.08. The molecule has 1 saturated carbocycles. The third-order valence-corrected chi connectivity index (χ3v) is 7.08. The lowest BCUT2D eigenvalue weighted by atomic mass is 9.84. The van der Waals surface area contributed by atoms with E-state index in [2.05, 4.69) is 20.8 Å². The van der Waals surface area contributed by atoms with Gasteiger partial charge in [0.15, 0.2) is 11.5 Å². The Balaban J connectivity index is 1.94. The van der Waals surface area contributed by atoms with Crippen molar-refractivity contribution < 1.29 is 24.5 Å². The molecule has 34 heavy (non-hydrogen) atoms. The minimum atomic E-state index is -0.780. The molecule has 2 aliphatic rings. The van der Waals surface area contributed by atoms with E-state index >= 15 is 0 Å². The van der Waals surface area contributed by atoms with Crippen LogP contribution in [0.15, 0.2) is 42.0 Å². The van der Waals surface area contributed by atoms with Crippen LogP contribution in [0.5, 0.6) is 11.5 Å². The van der Waals surface area contributed by atoms with Gasteiger partial charge in [-0.05, 0) is 60.1 Å². The molecule has 2 N–H and O–H groups in total. The van der Waals surface area contributed by atoms with Crippen molar-refractivity contribution in [3.63, 3.8) is 0 Å². The van der Waals surface area contributed by atoms with Gasteiger partial charge in [0.2, 0.25) is 0 Å². The molecule has 1 atom stereocenters. The lowest BCUT2D eigenvalue weighted by molar-refractivity contribution is -0.141. The van der Waals surface area contributed by atoms with Crippen LogP contribution in [-0.4, -0.2) is 40.0 Å². The number of likely N-dealkylation sites (tertiary alicyclic amines) is 1. The van der Waals surface area contributed by atoms with E-state index in [4.69, 9.17) is 4.74 Å². The number of carbonyl (C=O) groups is 2. The van der Waals surface area contributed by atoms with Gasteiger partial charge in [-0.3, -0.25) is 9.59 Å². The number of methoxy groups -OCH3 is 1.